The third-order valence-electron chi connectivity index (χ3n) is 2.62. The number of hydrogen-bond acceptors (Lipinski definition) is 3. The SMILES string of the molecule is CCCCOc1ccc(N(C)S(=O)(=O)C(Br)(Br)Br)cc1. The summed E-state index contributed by atoms with van der Waals surface area (Å²) in [5, 5.41) is 0. The number of nitrogens with zero attached hydrogens (tertiary/aromatic N) is 1. The normalized spacial score (nSPS) is 12.2. The fourth-order valence-electron chi connectivity index (χ4n) is 1.38. The Morgan fingerprint density at radius 2 is 1.75 bits per heavy atom. The van der Waals surface area contributed by atoms with Crippen LogP contribution >= 0.6 is 47.8 Å². The van der Waals surface area contributed by atoms with Gasteiger partial charge in [-0.3, -0.25) is 4.31 Å². The third kappa shape index (κ3) is 4.61. The highest BCUT2D eigenvalue weighted by Crippen LogP contribution is 2.42. The zero-order valence-corrected chi connectivity index (χ0v) is 16.7. The van der Waals surface area contributed by atoms with Crippen LogP contribution in [0.5, 0.6) is 5.75 Å². The van der Waals surface area contributed by atoms with Crippen LogP contribution in [0, 0.1) is 0 Å². The van der Waals surface area contributed by atoms with E-state index in [1.165, 1.54) is 11.4 Å². The molecule has 0 radical (unpaired) electrons. The van der Waals surface area contributed by atoms with Gasteiger partial charge in [0.15, 0.2) is 0 Å². The molecule has 0 atom stereocenters. The van der Waals surface area contributed by atoms with Gasteiger partial charge < -0.3 is 4.74 Å². The first-order valence-corrected chi connectivity index (χ1v) is 9.80. The molecule has 0 fully saturated rings. The van der Waals surface area contributed by atoms with E-state index in [4.69, 9.17) is 4.74 Å². The maximum absolute atomic E-state index is 12.2. The maximum Gasteiger partial charge on any atom is 0.271 e. The monoisotopic (exact) mass is 491 g/mol. The first kappa shape index (κ1) is 18.3. The van der Waals surface area contributed by atoms with Crippen molar-refractivity contribution in [3.05, 3.63) is 24.3 Å². The predicted molar refractivity (Wildman–Crippen MR) is 93.7 cm³/mol. The molecule has 114 valence electrons. The summed E-state index contributed by atoms with van der Waals surface area (Å²) in [6.07, 6.45) is 2.07. The molecule has 1 rings (SSSR count). The number of halogens is 3. The third-order valence-corrected chi connectivity index (χ3v) is 7.82. The molecule has 0 bridgehead atoms. The van der Waals surface area contributed by atoms with Crippen LogP contribution in [-0.4, -0.2) is 23.5 Å². The Morgan fingerprint density at radius 1 is 1.20 bits per heavy atom. The number of ether oxygens (including phenoxy) is 1. The van der Waals surface area contributed by atoms with Crippen molar-refractivity contribution in [3.63, 3.8) is 0 Å². The van der Waals surface area contributed by atoms with E-state index in [9.17, 15) is 8.42 Å². The lowest BCUT2D eigenvalue weighted by molar-refractivity contribution is 0.309. The van der Waals surface area contributed by atoms with Crippen molar-refractivity contribution in [1.82, 2.24) is 0 Å². The number of rotatable bonds is 6. The van der Waals surface area contributed by atoms with Gasteiger partial charge in [-0.25, -0.2) is 8.42 Å². The van der Waals surface area contributed by atoms with Crippen LogP contribution in [0.3, 0.4) is 0 Å². The van der Waals surface area contributed by atoms with Crippen molar-refractivity contribution >= 4 is 63.5 Å². The Bertz CT molecular complexity index is 526. The van der Waals surface area contributed by atoms with Crippen molar-refractivity contribution in [2.24, 2.45) is 0 Å². The molecule has 0 aromatic heterocycles. The maximum atomic E-state index is 12.2. The minimum atomic E-state index is -3.62. The summed E-state index contributed by atoms with van der Waals surface area (Å²) in [5.41, 5.74) is 0.551. The van der Waals surface area contributed by atoms with E-state index >= 15 is 0 Å². The van der Waals surface area contributed by atoms with Gasteiger partial charge in [0.05, 0.1) is 12.3 Å². The molecule has 0 spiro atoms. The highest BCUT2D eigenvalue weighted by Gasteiger charge is 2.39. The lowest BCUT2D eigenvalue weighted by Gasteiger charge is -2.24. The summed E-state index contributed by atoms with van der Waals surface area (Å²) < 4.78 is 29.7. The fourth-order valence-corrected chi connectivity index (χ4v) is 4.05. The average molecular weight is 494 g/mol. The van der Waals surface area contributed by atoms with Gasteiger partial charge in [-0.15, -0.1) is 0 Å². The van der Waals surface area contributed by atoms with Crippen molar-refractivity contribution in [1.29, 1.82) is 0 Å². The van der Waals surface area contributed by atoms with E-state index in [0.29, 0.717) is 12.3 Å². The molecule has 0 saturated carbocycles. The van der Waals surface area contributed by atoms with Crippen LogP contribution in [-0.2, 0) is 10.0 Å². The van der Waals surface area contributed by atoms with E-state index in [1.54, 1.807) is 24.3 Å². The number of benzene rings is 1. The molecule has 0 N–H and O–H groups in total. The average Bonchev–Trinajstić information content (AvgIpc) is 2.37. The molecule has 4 nitrogen and oxygen atoms in total. The van der Waals surface area contributed by atoms with Crippen LogP contribution in [0.2, 0.25) is 0 Å². The van der Waals surface area contributed by atoms with Gasteiger partial charge in [-0.2, -0.15) is 0 Å². The van der Waals surface area contributed by atoms with Crippen molar-refractivity contribution < 1.29 is 13.2 Å². The Labute approximate surface area is 145 Å². The van der Waals surface area contributed by atoms with Crippen LogP contribution in [0.15, 0.2) is 24.3 Å². The zero-order chi connectivity index (χ0) is 15.4. The molecular weight excluding hydrogens is 478 g/mol. The van der Waals surface area contributed by atoms with E-state index in [2.05, 4.69) is 54.7 Å². The van der Waals surface area contributed by atoms with Gasteiger partial charge in [0, 0.05) is 7.05 Å². The number of hydrogen-bond donors (Lipinski definition) is 0. The first-order valence-electron chi connectivity index (χ1n) is 5.98. The number of alkyl halides is 3. The Kier molecular flexibility index (Phi) is 6.82. The second kappa shape index (κ2) is 7.47. The topological polar surface area (TPSA) is 46.6 Å². The lowest BCUT2D eigenvalue weighted by atomic mass is 10.3. The molecule has 20 heavy (non-hydrogen) atoms. The van der Waals surface area contributed by atoms with Gasteiger partial charge in [0.1, 0.15) is 5.75 Å². The molecule has 1 aromatic rings. The summed E-state index contributed by atoms with van der Waals surface area (Å²) in [6, 6.07) is 6.93. The van der Waals surface area contributed by atoms with Crippen LogP contribution in [0.25, 0.3) is 0 Å². The van der Waals surface area contributed by atoms with E-state index in [-0.39, 0.29) is 0 Å². The molecule has 0 aliphatic heterocycles. The second-order valence-corrected chi connectivity index (χ2v) is 14.6. The molecule has 0 aliphatic carbocycles. The number of sulfonamides is 1. The van der Waals surface area contributed by atoms with Gasteiger partial charge >= 0.3 is 0 Å². The smallest absolute Gasteiger partial charge is 0.271 e. The number of anilines is 1. The Balaban J connectivity index is 2.83. The quantitative estimate of drug-likeness (QED) is 0.435. The number of unbranched alkanes of at least 4 members (excludes halogenated alkanes) is 1. The summed E-state index contributed by atoms with van der Waals surface area (Å²) in [6.45, 7) is 2.76. The molecule has 0 heterocycles. The van der Waals surface area contributed by atoms with E-state index in [1.807, 2.05) is 0 Å². The van der Waals surface area contributed by atoms with Gasteiger partial charge in [0.2, 0.25) is 0 Å². The van der Waals surface area contributed by atoms with Gasteiger partial charge in [-0.1, -0.05) is 13.3 Å². The van der Waals surface area contributed by atoms with Crippen molar-refractivity contribution in [3.8, 4) is 5.75 Å². The first-order chi connectivity index (χ1) is 9.20. The largest absolute Gasteiger partial charge is 0.494 e. The highest BCUT2D eigenvalue weighted by molar-refractivity contribution is 9.42. The summed E-state index contributed by atoms with van der Waals surface area (Å²) >= 11 is 9.10. The predicted octanol–water partition coefficient (Wildman–Crippen LogP) is 4.43. The summed E-state index contributed by atoms with van der Waals surface area (Å²) in [5.74, 6) is 0.732. The molecule has 8 heteroatoms. The van der Waals surface area contributed by atoms with Crippen LogP contribution < -0.4 is 9.04 Å². The minimum absolute atomic E-state index is 0.551. The minimum Gasteiger partial charge on any atom is -0.494 e. The molecule has 0 amide bonds. The summed E-state index contributed by atoms with van der Waals surface area (Å²) in [7, 11) is -2.13. The molecule has 1 aromatic carbocycles. The lowest BCUT2D eigenvalue weighted by Crippen LogP contribution is -2.35. The Hall–Kier alpha value is 0.210. The van der Waals surface area contributed by atoms with Crippen LogP contribution in [0.1, 0.15) is 19.8 Å². The van der Waals surface area contributed by atoms with Gasteiger partial charge in [-0.05, 0) is 78.5 Å². The molecular formula is C12H16Br3NO3S. The molecule has 0 unspecified atom stereocenters. The Morgan fingerprint density at radius 3 is 2.20 bits per heavy atom. The van der Waals surface area contributed by atoms with E-state index in [0.717, 1.165) is 18.6 Å². The van der Waals surface area contributed by atoms with Crippen molar-refractivity contribution in [2.45, 2.75) is 21.2 Å². The molecule has 0 aliphatic rings. The van der Waals surface area contributed by atoms with E-state index < -0.39 is 11.5 Å². The summed E-state index contributed by atoms with van der Waals surface area (Å²) in [4.78, 5) is 0. The van der Waals surface area contributed by atoms with Gasteiger partial charge in [0.25, 0.3) is 11.5 Å². The fraction of sp³-hybridized carbons (Fsp3) is 0.500. The molecule has 0 saturated heterocycles. The van der Waals surface area contributed by atoms with Crippen LogP contribution in [0.4, 0.5) is 5.69 Å². The second-order valence-electron chi connectivity index (χ2n) is 4.11. The zero-order valence-electron chi connectivity index (χ0n) is 11.1. The standard InChI is InChI=1S/C12H16Br3NO3S/c1-3-4-9-19-11-7-5-10(6-8-11)16(2)20(17,18)12(13,14)15/h5-8H,3-4,9H2,1-2H3. The van der Waals surface area contributed by atoms with Crippen molar-refractivity contribution in [2.75, 3.05) is 18.0 Å². The highest BCUT2D eigenvalue weighted by atomic mass is 80.0.